The number of rotatable bonds is 4. The van der Waals surface area contributed by atoms with Crippen molar-refractivity contribution in [1.29, 1.82) is 0 Å². The van der Waals surface area contributed by atoms with Gasteiger partial charge in [-0.3, -0.25) is 0 Å². The Morgan fingerprint density at radius 3 is 2.84 bits per heavy atom. The molecule has 1 aromatic rings. The molecule has 3 rings (SSSR count). The van der Waals surface area contributed by atoms with Gasteiger partial charge in [-0.2, -0.15) is 0 Å². The molecule has 0 bridgehead atoms. The van der Waals surface area contributed by atoms with Crippen LogP contribution < -0.4 is 4.74 Å². The van der Waals surface area contributed by atoms with Crippen molar-refractivity contribution < 1.29 is 4.74 Å². The summed E-state index contributed by atoms with van der Waals surface area (Å²) in [4.78, 5) is 0. The van der Waals surface area contributed by atoms with E-state index in [0.29, 0.717) is 11.8 Å². The van der Waals surface area contributed by atoms with Gasteiger partial charge in [0.05, 0.1) is 0 Å². The maximum atomic E-state index is 6.45. The Bertz CT molecular complexity index is 699. The first-order valence-electron chi connectivity index (χ1n) is 9.94. The average Bonchev–Trinajstić information content (AvgIpc) is 2.57. The fourth-order valence-corrected chi connectivity index (χ4v) is 4.32. The Balaban J connectivity index is 1.75. The molecule has 0 aromatic heterocycles. The van der Waals surface area contributed by atoms with Crippen molar-refractivity contribution in [2.45, 2.75) is 84.2 Å². The Morgan fingerprint density at radius 1 is 1.20 bits per heavy atom. The van der Waals surface area contributed by atoms with Gasteiger partial charge in [0, 0.05) is 18.8 Å². The summed E-state index contributed by atoms with van der Waals surface area (Å²) in [6.07, 6.45) is 10.3. The number of allylic oxidation sites excluding steroid dienone is 2. The summed E-state index contributed by atoms with van der Waals surface area (Å²) in [5.41, 5.74) is 4.10. The fourth-order valence-electron chi connectivity index (χ4n) is 4.32. The second-order valence-corrected chi connectivity index (χ2v) is 8.27. The second kappa shape index (κ2) is 7.69. The van der Waals surface area contributed by atoms with Gasteiger partial charge in [0.15, 0.2) is 0 Å². The number of ether oxygens (including phenoxy) is 1. The highest BCUT2D eigenvalue weighted by atomic mass is 16.5. The first-order chi connectivity index (χ1) is 12.0. The second-order valence-electron chi connectivity index (χ2n) is 8.27. The highest BCUT2D eigenvalue weighted by Gasteiger charge is 2.44. The lowest BCUT2D eigenvalue weighted by Crippen LogP contribution is -2.45. The highest BCUT2D eigenvalue weighted by molar-refractivity contribution is 5.45. The largest absolute Gasteiger partial charge is 0.487 e. The third-order valence-corrected chi connectivity index (χ3v) is 5.81. The van der Waals surface area contributed by atoms with Crippen molar-refractivity contribution in [3.63, 3.8) is 0 Å². The van der Waals surface area contributed by atoms with E-state index in [1.165, 1.54) is 42.4 Å². The highest BCUT2D eigenvalue weighted by Crippen LogP contribution is 2.51. The van der Waals surface area contributed by atoms with Crippen LogP contribution in [-0.4, -0.2) is 5.60 Å². The normalized spacial score (nSPS) is 23.4. The quantitative estimate of drug-likeness (QED) is 0.350. The summed E-state index contributed by atoms with van der Waals surface area (Å²) in [6.45, 7) is 9.00. The van der Waals surface area contributed by atoms with Crippen LogP contribution in [0.4, 0.5) is 0 Å². The van der Waals surface area contributed by atoms with Crippen molar-refractivity contribution in [3.05, 3.63) is 41.0 Å². The van der Waals surface area contributed by atoms with Crippen molar-refractivity contribution in [3.8, 4) is 17.6 Å². The molecule has 25 heavy (non-hydrogen) atoms. The van der Waals surface area contributed by atoms with Gasteiger partial charge in [0.1, 0.15) is 11.4 Å². The molecule has 0 saturated carbocycles. The smallest absolute Gasteiger partial charge is 0.123 e. The van der Waals surface area contributed by atoms with Crippen LogP contribution in [0, 0.1) is 17.8 Å². The maximum absolute atomic E-state index is 6.45. The molecule has 1 aromatic carbocycles. The zero-order valence-corrected chi connectivity index (χ0v) is 16.3. The topological polar surface area (TPSA) is 9.23 Å². The first-order valence-corrected chi connectivity index (χ1v) is 9.94. The summed E-state index contributed by atoms with van der Waals surface area (Å²) in [7, 11) is 0. The molecule has 1 nitrogen and oxygen atoms in total. The van der Waals surface area contributed by atoms with E-state index in [4.69, 9.17) is 4.74 Å². The maximum Gasteiger partial charge on any atom is 0.123 e. The monoisotopic (exact) mass is 336 g/mol. The molecule has 2 atom stereocenters. The molecule has 1 aliphatic heterocycles. The van der Waals surface area contributed by atoms with E-state index < -0.39 is 0 Å². The molecule has 1 heterocycles. The molecule has 1 aliphatic carbocycles. The van der Waals surface area contributed by atoms with Crippen molar-refractivity contribution in [2.24, 2.45) is 5.92 Å². The standard InChI is InChI=1S/C24H32O/c1-5-6-7-8-9-10-11-19-13-14-20-21-16-18(2)12-15-22(21)24(3,4)25-23(20)17-19/h12-14,17,21-22H,5-8,11,15-16H2,1-4H3/t21-,22+/m0/s1. The average molecular weight is 337 g/mol. The minimum Gasteiger partial charge on any atom is -0.487 e. The van der Waals surface area contributed by atoms with E-state index in [0.717, 1.165) is 25.0 Å². The van der Waals surface area contributed by atoms with Gasteiger partial charge in [-0.25, -0.2) is 0 Å². The van der Waals surface area contributed by atoms with Crippen LogP contribution in [-0.2, 0) is 6.42 Å². The molecule has 134 valence electrons. The number of fused-ring (bicyclic) bond motifs is 3. The van der Waals surface area contributed by atoms with Crippen LogP contribution in [0.2, 0.25) is 0 Å². The van der Waals surface area contributed by atoms with Crippen molar-refractivity contribution in [2.75, 3.05) is 0 Å². The first kappa shape index (κ1) is 18.1. The van der Waals surface area contributed by atoms with Gasteiger partial charge < -0.3 is 4.74 Å². The fraction of sp³-hybridized carbons (Fsp3) is 0.583. The van der Waals surface area contributed by atoms with E-state index in [1.54, 1.807) is 0 Å². The van der Waals surface area contributed by atoms with Gasteiger partial charge in [-0.1, -0.05) is 49.5 Å². The van der Waals surface area contributed by atoms with E-state index in [1.807, 2.05) is 0 Å². The van der Waals surface area contributed by atoms with Crippen LogP contribution in [0.15, 0.2) is 29.8 Å². The third kappa shape index (κ3) is 4.12. The number of hydrogen-bond acceptors (Lipinski definition) is 1. The third-order valence-electron chi connectivity index (χ3n) is 5.81. The molecule has 1 heteroatoms. The molecule has 0 amide bonds. The predicted molar refractivity (Wildman–Crippen MR) is 106 cm³/mol. The Hall–Kier alpha value is -1.68. The zero-order valence-electron chi connectivity index (χ0n) is 16.3. The van der Waals surface area contributed by atoms with E-state index in [2.05, 4.69) is 63.8 Å². The Labute approximate surface area is 153 Å². The summed E-state index contributed by atoms with van der Waals surface area (Å²) in [5.74, 6) is 8.92. The summed E-state index contributed by atoms with van der Waals surface area (Å²) in [6, 6.07) is 6.79. The van der Waals surface area contributed by atoms with Gasteiger partial charge in [-0.15, -0.1) is 5.92 Å². The lowest BCUT2D eigenvalue weighted by molar-refractivity contribution is 0.00849. The summed E-state index contributed by atoms with van der Waals surface area (Å²) in [5, 5.41) is 0. The zero-order chi connectivity index (χ0) is 17.9. The van der Waals surface area contributed by atoms with Crippen LogP contribution in [0.25, 0.3) is 0 Å². The number of benzene rings is 1. The molecular weight excluding hydrogens is 304 g/mol. The molecule has 0 saturated heterocycles. The Kier molecular flexibility index (Phi) is 5.57. The van der Waals surface area contributed by atoms with E-state index in [-0.39, 0.29) is 5.60 Å². The number of hydrogen-bond donors (Lipinski definition) is 0. The molecule has 0 unspecified atom stereocenters. The van der Waals surface area contributed by atoms with Gasteiger partial charge >= 0.3 is 0 Å². The molecule has 0 N–H and O–H groups in total. The summed E-state index contributed by atoms with van der Waals surface area (Å²) < 4.78 is 6.45. The molecule has 0 fully saturated rings. The molecule has 0 spiro atoms. The minimum absolute atomic E-state index is 0.0979. The predicted octanol–water partition coefficient (Wildman–Crippen LogP) is 6.42. The Morgan fingerprint density at radius 2 is 2.04 bits per heavy atom. The van der Waals surface area contributed by atoms with E-state index >= 15 is 0 Å². The van der Waals surface area contributed by atoms with Gasteiger partial charge in [0.2, 0.25) is 0 Å². The molecule has 0 radical (unpaired) electrons. The SMILES string of the molecule is CCCCCC#CCc1ccc2c(c1)OC(C)(C)[C@@H]1CC=C(C)C[C@@H]21. The van der Waals surface area contributed by atoms with Crippen LogP contribution in [0.1, 0.15) is 83.3 Å². The lowest BCUT2D eigenvalue weighted by atomic mass is 9.67. The van der Waals surface area contributed by atoms with Crippen molar-refractivity contribution in [1.82, 2.24) is 0 Å². The molecule has 2 aliphatic rings. The van der Waals surface area contributed by atoms with Crippen molar-refractivity contribution >= 4 is 0 Å². The van der Waals surface area contributed by atoms with E-state index in [9.17, 15) is 0 Å². The number of unbranched alkanes of at least 4 members (excludes halogenated alkanes) is 3. The van der Waals surface area contributed by atoms with Crippen LogP contribution in [0.3, 0.4) is 0 Å². The summed E-state index contributed by atoms with van der Waals surface area (Å²) >= 11 is 0. The lowest BCUT2D eigenvalue weighted by Gasteiger charge is -2.47. The van der Waals surface area contributed by atoms with Crippen LogP contribution in [0.5, 0.6) is 5.75 Å². The van der Waals surface area contributed by atoms with Gasteiger partial charge in [-0.05, 0) is 63.1 Å². The minimum atomic E-state index is -0.0979. The molecular formula is C24H32O. The van der Waals surface area contributed by atoms with Gasteiger partial charge in [0.25, 0.3) is 0 Å². The van der Waals surface area contributed by atoms with Crippen LogP contribution >= 0.6 is 0 Å².